The van der Waals surface area contributed by atoms with Gasteiger partial charge in [-0.2, -0.15) is 13.2 Å². The van der Waals surface area contributed by atoms with Crippen molar-refractivity contribution in [3.05, 3.63) is 65.2 Å². The van der Waals surface area contributed by atoms with Crippen molar-refractivity contribution >= 4 is 10.8 Å². The van der Waals surface area contributed by atoms with Crippen molar-refractivity contribution < 1.29 is 22.5 Å². The fraction of sp³-hybridized carbons (Fsp3) is 0.294. The molecule has 0 aliphatic rings. The van der Waals surface area contributed by atoms with Crippen LogP contribution in [0.5, 0.6) is 0 Å². The molecular weight excluding hydrogens is 325 g/mol. The van der Waals surface area contributed by atoms with E-state index in [0.29, 0.717) is 10.5 Å². The molecule has 0 amide bonds. The van der Waals surface area contributed by atoms with Gasteiger partial charge in [-0.25, -0.2) is 0 Å². The Morgan fingerprint density at radius 3 is 1.91 bits per heavy atom. The molecule has 0 bridgehead atoms. The highest BCUT2D eigenvalue weighted by Crippen LogP contribution is 2.31. The average molecular weight is 342 g/mol. The standard InChI is InChI=1S/C17H17F3O2S/c1-12-3-9-15(10-4-12)23(22)11-16(2,21)13-5-7-14(8-6-13)17(18,19)20/h3-10,21H,11H2,1-2H3/t16-,23?/m1/s1. The summed E-state index contributed by atoms with van der Waals surface area (Å²) in [5.74, 6) is -0.0958. The van der Waals surface area contributed by atoms with Gasteiger partial charge in [0.15, 0.2) is 0 Å². The van der Waals surface area contributed by atoms with E-state index in [1.165, 1.54) is 19.1 Å². The van der Waals surface area contributed by atoms with E-state index in [4.69, 9.17) is 0 Å². The minimum Gasteiger partial charge on any atom is -0.384 e. The smallest absolute Gasteiger partial charge is 0.384 e. The zero-order valence-electron chi connectivity index (χ0n) is 12.7. The lowest BCUT2D eigenvalue weighted by Crippen LogP contribution is -2.29. The van der Waals surface area contributed by atoms with Gasteiger partial charge < -0.3 is 5.11 Å². The van der Waals surface area contributed by atoms with Gasteiger partial charge in [-0.3, -0.25) is 4.21 Å². The third-order valence-corrected chi connectivity index (χ3v) is 5.15. The zero-order chi connectivity index (χ0) is 17.3. The molecule has 2 atom stereocenters. The lowest BCUT2D eigenvalue weighted by molar-refractivity contribution is -0.137. The summed E-state index contributed by atoms with van der Waals surface area (Å²) in [6, 6.07) is 11.3. The normalized spacial score (nSPS) is 15.9. The predicted molar refractivity (Wildman–Crippen MR) is 83.5 cm³/mol. The molecule has 0 radical (unpaired) electrons. The molecule has 1 N–H and O–H groups in total. The van der Waals surface area contributed by atoms with Gasteiger partial charge in [-0.05, 0) is 43.7 Å². The Labute approximate surface area is 135 Å². The summed E-state index contributed by atoms with van der Waals surface area (Å²) in [7, 11) is -1.46. The molecule has 124 valence electrons. The van der Waals surface area contributed by atoms with E-state index < -0.39 is 28.1 Å². The van der Waals surface area contributed by atoms with Gasteiger partial charge in [0.2, 0.25) is 0 Å². The summed E-state index contributed by atoms with van der Waals surface area (Å²) in [4.78, 5) is 0.572. The molecule has 0 saturated carbocycles. The summed E-state index contributed by atoms with van der Waals surface area (Å²) < 4.78 is 50.0. The van der Waals surface area contributed by atoms with Gasteiger partial charge in [0.25, 0.3) is 0 Å². The molecule has 2 rings (SSSR count). The number of hydrogen-bond acceptors (Lipinski definition) is 2. The Morgan fingerprint density at radius 2 is 1.43 bits per heavy atom. The molecule has 0 heterocycles. The summed E-state index contributed by atoms with van der Waals surface area (Å²) in [5, 5.41) is 10.5. The molecule has 2 nitrogen and oxygen atoms in total. The maximum absolute atomic E-state index is 12.6. The molecule has 2 aromatic carbocycles. The lowest BCUT2D eigenvalue weighted by Gasteiger charge is -2.24. The number of alkyl halides is 3. The molecule has 1 unspecified atom stereocenters. The second-order valence-electron chi connectivity index (χ2n) is 5.65. The van der Waals surface area contributed by atoms with Gasteiger partial charge in [0.1, 0.15) is 0 Å². The lowest BCUT2D eigenvalue weighted by atomic mass is 9.97. The highest BCUT2D eigenvalue weighted by molar-refractivity contribution is 7.85. The molecule has 23 heavy (non-hydrogen) atoms. The first-order valence-corrected chi connectivity index (χ1v) is 8.27. The number of hydrogen-bond donors (Lipinski definition) is 1. The van der Waals surface area contributed by atoms with Crippen molar-refractivity contribution in [1.82, 2.24) is 0 Å². The first-order chi connectivity index (χ1) is 10.6. The minimum absolute atomic E-state index is 0.0958. The summed E-state index contributed by atoms with van der Waals surface area (Å²) in [6.45, 7) is 3.35. The SMILES string of the molecule is Cc1ccc(S(=O)C[C@@](C)(O)c2ccc(C(F)(F)F)cc2)cc1. The molecule has 0 saturated heterocycles. The van der Waals surface area contributed by atoms with Gasteiger partial charge >= 0.3 is 6.18 Å². The second-order valence-corrected chi connectivity index (χ2v) is 7.10. The van der Waals surface area contributed by atoms with Gasteiger partial charge in [-0.1, -0.05) is 29.8 Å². The van der Waals surface area contributed by atoms with Crippen LogP contribution in [0.4, 0.5) is 13.2 Å². The topological polar surface area (TPSA) is 37.3 Å². The second kappa shape index (κ2) is 6.45. The molecule has 0 spiro atoms. The number of aryl methyl sites for hydroxylation is 1. The average Bonchev–Trinajstić information content (AvgIpc) is 2.46. The minimum atomic E-state index is -4.42. The highest BCUT2D eigenvalue weighted by atomic mass is 32.2. The van der Waals surface area contributed by atoms with E-state index in [1.54, 1.807) is 12.1 Å². The maximum atomic E-state index is 12.6. The number of aliphatic hydroxyl groups is 1. The number of rotatable bonds is 4. The van der Waals surface area contributed by atoms with Gasteiger partial charge in [-0.15, -0.1) is 0 Å². The fourth-order valence-corrected chi connectivity index (χ4v) is 3.41. The largest absolute Gasteiger partial charge is 0.416 e. The van der Waals surface area contributed by atoms with Gasteiger partial charge in [0.05, 0.1) is 27.7 Å². The molecule has 6 heteroatoms. The fourth-order valence-electron chi connectivity index (χ4n) is 2.13. The Hall–Kier alpha value is -1.66. The van der Waals surface area contributed by atoms with Crippen molar-refractivity contribution in [2.45, 2.75) is 30.5 Å². The quantitative estimate of drug-likeness (QED) is 0.911. The molecule has 0 aliphatic carbocycles. The van der Waals surface area contributed by atoms with Crippen molar-refractivity contribution in [3.8, 4) is 0 Å². The van der Waals surface area contributed by atoms with Crippen LogP contribution in [0.15, 0.2) is 53.4 Å². The Bertz CT molecular complexity index is 689. The van der Waals surface area contributed by atoms with Crippen molar-refractivity contribution in [3.63, 3.8) is 0 Å². The molecule has 0 fully saturated rings. The van der Waals surface area contributed by atoms with Crippen LogP contribution in [0.1, 0.15) is 23.6 Å². The summed E-state index contributed by atoms with van der Waals surface area (Å²) in [5.41, 5.74) is -0.942. The van der Waals surface area contributed by atoms with E-state index in [9.17, 15) is 22.5 Å². The van der Waals surface area contributed by atoms with Crippen molar-refractivity contribution in [2.75, 3.05) is 5.75 Å². The third-order valence-electron chi connectivity index (χ3n) is 3.53. The summed E-state index contributed by atoms with van der Waals surface area (Å²) in [6.07, 6.45) is -4.42. The first kappa shape index (κ1) is 17.7. The first-order valence-electron chi connectivity index (χ1n) is 6.95. The van der Waals surface area contributed by atoms with E-state index in [-0.39, 0.29) is 5.75 Å². The van der Waals surface area contributed by atoms with E-state index >= 15 is 0 Å². The monoisotopic (exact) mass is 342 g/mol. The third kappa shape index (κ3) is 4.42. The Kier molecular flexibility index (Phi) is 4.96. The van der Waals surface area contributed by atoms with Crippen LogP contribution >= 0.6 is 0 Å². The van der Waals surface area contributed by atoms with E-state index in [1.807, 2.05) is 19.1 Å². The van der Waals surface area contributed by atoms with E-state index in [0.717, 1.165) is 17.7 Å². The Morgan fingerprint density at radius 1 is 0.957 bits per heavy atom. The highest BCUT2D eigenvalue weighted by Gasteiger charge is 2.32. The Balaban J connectivity index is 2.17. The van der Waals surface area contributed by atoms with Crippen LogP contribution in [0.2, 0.25) is 0 Å². The molecular formula is C17H17F3O2S. The number of benzene rings is 2. The van der Waals surface area contributed by atoms with E-state index in [2.05, 4.69) is 0 Å². The molecule has 2 aromatic rings. The van der Waals surface area contributed by atoms with Crippen molar-refractivity contribution in [2.24, 2.45) is 0 Å². The predicted octanol–water partition coefficient (Wildman–Crippen LogP) is 4.03. The van der Waals surface area contributed by atoms with Gasteiger partial charge in [0, 0.05) is 4.90 Å². The van der Waals surface area contributed by atoms with Crippen LogP contribution in [0.3, 0.4) is 0 Å². The number of halogens is 3. The van der Waals surface area contributed by atoms with Crippen LogP contribution in [0.25, 0.3) is 0 Å². The maximum Gasteiger partial charge on any atom is 0.416 e. The van der Waals surface area contributed by atoms with Crippen LogP contribution in [-0.2, 0) is 22.6 Å². The summed E-state index contributed by atoms with van der Waals surface area (Å²) >= 11 is 0. The van der Waals surface area contributed by atoms with Crippen LogP contribution < -0.4 is 0 Å². The van der Waals surface area contributed by atoms with Crippen molar-refractivity contribution in [1.29, 1.82) is 0 Å². The zero-order valence-corrected chi connectivity index (χ0v) is 13.5. The van der Waals surface area contributed by atoms with Crippen LogP contribution in [0, 0.1) is 6.92 Å². The molecule has 0 aromatic heterocycles. The van der Waals surface area contributed by atoms with Crippen LogP contribution in [-0.4, -0.2) is 15.1 Å². The molecule has 0 aliphatic heterocycles.